The molecule has 0 spiro atoms. The van der Waals surface area contributed by atoms with Crippen molar-refractivity contribution in [3.63, 3.8) is 0 Å². The molecule has 0 radical (unpaired) electrons. The topological polar surface area (TPSA) is 41.6 Å². The molecule has 0 aliphatic carbocycles. The number of methoxy groups -OCH3 is 1. The Morgan fingerprint density at radius 3 is 2.63 bits per heavy atom. The van der Waals surface area contributed by atoms with Crippen LogP contribution in [0.5, 0.6) is 5.75 Å². The third-order valence-corrected chi connectivity index (χ3v) is 4.08. The Bertz CT molecular complexity index is 494. The minimum Gasteiger partial charge on any atom is -0.497 e. The van der Waals surface area contributed by atoms with E-state index in [4.69, 9.17) is 4.74 Å². The molecule has 0 aromatic heterocycles. The summed E-state index contributed by atoms with van der Waals surface area (Å²) >= 11 is 0. The number of nitrogens with one attached hydrogen (secondary N) is 1. The van der Waals surface area contributed by atoms with Crippen molar-refractivity contribution >= 4 is 5.91 Å². The lowest BCUT2D eigenvalue weighted by Crippen LogP contribution is -2.32. The molecular weight excluding hydrogens is 247 g/mol. The summed E-state index contributed by atoms with van der Waals surface area (Å²) < 4.78 is 18.8. The van der Waals surface area contributed by atoms with Crippen molar-refractivity contribution in [1.82, 2.24) is 10.2 Å². The molecule has 2 aliphatic heterocycles. The molecule has 1 N–H and O–H groups in total. The zero-order valence-electron chi connectivity index (χ0n) is 10.9. The highest BCUT2D eigenvalue weighted by Gasteiger charge is 2.38. The quantitative estimate of drug-likeness (QED) is 0.870. The first kappa shape index (κ1) is 12.4. The smallest absolute Gasteiger partial charge is 0.256 e. The lowest BCUT2D eigenvalue weighted by molar-refractivity contribution is 0.0777. The lowest BCUT2D eigenvalue weighted by atomic mass is 10.0. The van der Waals surface area contributed by atoms with Crippen LogP contribution in [0.4, 0.5) is 4.39 Å². The van der Waals surface area contributed by atoms with Gasteiger partial charge in [0, 0.05) is 32.2 Å². The zero-order chi connectivity index (χ0) is 13.4. The second kappa shape index (κ2) is 4.81. The van der Waals surface area contributed by atoms with E-state index < -0.39 is 5.82 Å². The number of carbonyl (C=O) groups is 1. The summed E-state index contributed by atoms with van der Waals surface area (Å²) in [5.41, 5.74) is 0.133. The van der Waals surface area contributed by atoms with Gasteiger partial charge in [-0.1, -0.05) is 0 Å². The van der Waals surface area contributed by atoms with Gasteiger partial charge in [-0.25, -0.2) is 4.39 Å². The van der Waals surface area contributed by atoms with Gasteiger partial charge >= 0.3 is 0 Å². The lowest BCUT2D eigenvalue weighted by Gasteiger charge is -2.18. The molecule has 2 heterocycles. The number of carbonyl (C=O) groups excluding carboxylic acids is 1. The number of hydrogen-bond acceptors (Lipinski definition) is 3. The number of fused-ring (bicyclic) bond motifs is 1. The highest BCUT2D eigenvalue weighted by atomic mass is 19.1. The Balaban J connectivity index is 1.77. The van der Waals surface area contributed by atoms with Gasteiger partial charge in [0.15, 0.2) is 0 Å². The van der Waals surface area contributed by atoms with Gasteiger partial charge in [0.2, 0.25) is 0 Å². The second-order valence-corrected chi connectivity index (χ2v) is 5.23. The van der Waals surface area contributed by atoms with Gasteiger partial charge in [-0.05, 0) is 24.0 Å². The van der Waals surface area contributed by atoms with Crippen LogP contribution >= 0.6 is 0 Å². The molecule has 2 atom stereocenters. The van der Waals surface area contributed by atoms with E-state index in [9.17, 15) is 9.18 Å². The second-order valence-electron chi connectivity index (χ2n) is 5.23. The fourth-order valence-corrected chi connectivity index (χ4v) is 2.99. The van der Waals surface area contributed by atoms with Gasteiger partial charge < -0.3 is 15.0 Å². The maximum Gasteiger partial charge on any atom is 0.256 e. The monoisotopic (exact) mass is 264 g/mol. The molecule has 0 bridgehead atoms. The van der Waals surface area contributed by atoms with Crippen LogP contribution in [0.1, 0.15) is 10.4 Å². The summed E-state index contributed by atoms with van der Waals surface area (Å²) in [5.74, 6) is 0.737. The number of halogens is 1. The summed E-state index contributed by atoms with van der Waals surface area (Å²) in [4.78, 5) is 14.1. The van der Waals surface area contributed by atoms with E-state index >= 15 is 0 Å². The van der Waals surface area contributed by atoms with Crippen LogP contribution in [0.3, 0.4) is 0 Å². The molecule has 2 fully saturated rings. The Hall–Kier alpha value is -1.62. The van der Waals surface area contributed by atoms with Crippen molar-refractivity contribution in [1.29, 1.82) is 0 Å². The molecule has 1 amide bonds. The first-order chi connectivity index (χ1) is 9.19. The molecule has 1 unspecified atom stereocenters. The fraction of sp³-hybridized carbons (Fsp3) is 0.500. The molecule has 1 aromatic carbocycles. The van der Waals surface area contributed by atoms with Gasteiger partial charge in [-0.3, -0.25) is 4.79 Å². The van der Waals surface area contributed by atoms with Crippen molar-refractivity contribution in [3.8, 4) is 5.75 Å². The van der Waals surface area contributed by atoms with Gasteiger partial charge in [-0.15, -0.1) is 0 Å². The van der Waals surface area contributed by atoms with Crippen LogP contribution in [0.2, 0.25) is 0 Å². The van der Waals surface area contributed by atoms with Crippen LogP contribution in [-0.4, -0.2) is 44.1 Å². The first-order valence-electron chi connectivity index (χ1n) is 6.52. The third kappa shape index (κ3) is 2.18. The highest BCUT2D eigenvalue weighted by Crippen LogP contribution is 2.28. The van der Waals surface area contributed by atoms with Crippen LogP contribution in [0, 0.1) is 17.7 Å². The maximum absolute atomic E-state index is 13.9. The normalized spacial score (nSPS) is 25.5. The SMILES string of the molecule is COc1ccc(C(=O)N2CC3CNC[C@@H]3C2)c(F)c1. The number of amides is 1. The van der Waals surface area contributed by atoms with E-state index in [-0.39, 0.29) is 11.5 Å². The van der Waals surface area contributed by atoms with Gasteiger partial charge in [0.05, 0.1) is 12.7 Å². The Kier molecular flexibility index (Phi) is 3.14. The molecule has 3 rings (SSSR count). The summed E-state index contributed by atoms with van der Waals surface area (Å²) in [7, 11) is 1.48. The first-order valence-corrected chi connectivity index (χ1v) is 6.52. The van der Waals surface area contributed by atoms with Crippen molar-refractivity contribution in [2.75, 3.05) is 33.3 Å². The Labute approximate surface area is 111 Å². The Morgan fingerprint density at radius 2 is 2.05 bits per heavy atom. The number of rotatable bonds is 2. The summed E-state index contributed by atoms with van der Waals surface area (Å²) in [5, 5.41) is 3.32. The van der Waals surface area contributed by atoms with Crippen LogP contribution in [0.15, 0.2) is 18.2 Å². The highest BCUT2D eigenvalue weighted by molar-refractivity contribution is 5.94. The minimum absolute atomic E-state index is 0.133. The summed E-state index contributed by atoms with van der Waals surface area (Å²) in [6, 6.07) is 4.38. The van der Waals surface area contributed by atoms with E-state index in [1.807, 2.05) is 0 Å². The average molecular weight is 264 g/mol. The number of nitrogens with zero attached hydrogens (tertiary/aromatic N) is 1. The predicted molar refractivity (Wildman–Crippen MR) is 68.7 cm³/mol. The van der Waals surface area contributed by atoms with E-state index in [0.717, 1.165) is 26.2 Å². The predicted octanol–water partition coefficient (Wildman–Crippen LogP) is 1.13. The number of benzene rings is 1. The Morgan fingerprint density at radius 1 is 1.37 bits per heavy atom. The van der Waals surface area contributed by atoms with Gasteiger partial charge in [0.25, 0.3) is 5.91 Å². The summed E-state index contributed by atoms with van der Waals surface area (Å²) in [6.07, 6.45) is 0. The van der Waals surface area contributed by atoms with E-state index in [0.29, 0.717) is 17.6 Å². The van der Waals surface area contributed by atoms with Gasteiger partial charge in [0.1, 0.15) is 11.6 Å². The van der Waals surface area contributed by atoms with Crippen LogP contribution < -0.4 is 10.1 Å². The molecule has 2 saturated heterocycles. The van der Waals surface area contributed by atoms with E-state index in [2.05, 4.69) is 5.32 Å². The van der Waals surface area contributed by atoms with Gasteiger partial charge in [-0.2, -0.15) is 0 Å². The van der Waals surface area contributed by atoms with Crippen molar-refractivity contribution in [3.05, 3.63) is 29.6 Å². The molecule has 102 valence electrons. The maximum atomic E-state index is 13.9. The molecule has 4 nitrogen and oxygen atoms in total. The van der Waals surface area contributed by atoms with Crippen molar-refractivity contribution in [2.24, 2.45) is 11.8 Å². The number of hydrogen-bond donors (Lipinski definition) is 1. The minimum atomic E-state index is -0.514. The standard InChI is InChI=1S/C14H17FN2O2/c1-19-11-2-3-12(13(15)4-11)14(18)17-7-9-5-16-6-10(9)8-17/h2-4,9-10,16H,5-8H2,1H3/t9-,10?/m1/s1. The molecule has 0 saturated carbocycles. The van der Waals surface area contributed by atoms with Crippen LogP contribution in [-0.2, 0) is 0 Å². The van der Waals surface area contributed by atoms with Crippen molar-refractivity contribution < 1.29 is 13.9 Å². The van der Waals surface area contributed by atoms with Crippen molar-refractivity contribution in [2.45, 2.75) is 0 Å². The largest absolute Gasteiger partial charge is 0.497 e. The molecule has 19 heavy (non-hydrogen) atoms. The number of ether oxygens (including phenoxy) is 1. The third-order valence-electron chi connectivity index (χ3n) is 4.08. The van der Waals surface area contributed by atoms with E-state index in [1.54, 1.807) is 11.0 Å². The molecule has 2 aliphatic rings. The molecular formula is C14H17FN2O2. The fourth-order valence-electron chi connectivity index (χ4n) is 2.99. The zero-order valence-corrected chi connectivity index (χ0v) is 10.9. The summed E-state index contributed by atoms with van der Waals surface area (Å²) in [6.45, 7) is 3.36. The average Bonchev–Trinajstić information content (AvgIpc) is 2.98. The van der Waals surface area contributed by atoms with Crippen LogP contribution in [0.25, 0.3) is 0 Å². The molecule has 5 heteroatoms. The molecule has 1 aromatic rings. The van der Waals surface area contributed by atoms with E-state index in [1.165, 1.54) is 19.2 Å². The number of likely N-dealkylation sites (tertiary alicyclic amines) is 1.